The van der Waals surface area contributed by atoms with Crippen LogP contribution in [-0.2, 0) is 11.5 Å². The lowest BCUT2D eigenvalue weighted by Gasteiger charge is -2.15. The molecule has 2 aromatic rings. The van der Waals surface area contributed by atoms with Gasteiger partial charge in [0.25, 0.3) is 5.56 Å². The maximum atomic E-state index is 11.3. The van der Waals surface area contributed by atoms with E-state index in [2.05, 4.69) is 52.2 Å². The second-order valence-electron chi connectivity index (χ2n) is 5.74. The van der Waals surface area contributed by atoms with Crippen LogP contribution in [0.3, 0.4) is 0 Å². The molecule has 0 aromatic carbocycles. The number of aromatic amines is 1. The standard InChI is InChI=1S/C12H18IN3O2Si/c1-19(2,3)5-4-18-8-16-7-9(13)11-12(16)14-6-10(17)15-11/h6-7H,4-5,8H2,1-3H3,(H,15,17). The monoisotopic (exact) mass is 391 g/mol. The van der Waals surface area contributed by atoms with E-state index in [0.29, 0.717) is 6.73 Å². The van der Waals surface area contributed by atoms with Crippen molar-refractivity contribution in [2.24, 2.45) is 0 Å². The highest BCUT2D eigenvalue weighted by molar-refractivity contribution is 14.1. The van der Waals surface area contributed by atoms with Crippen molar-refractivity contribution in [1.82, 2.24) is 14.5 Å². The molecular weight excluding hydrogens is 373 g/mol. The number of nitrogens with one attached hydrogen (secondary N) is 1. The van der Waals surface area contributed by atoms with Crippen molar-refractivity contribution in [3.05, 3.63) is 26.3 Å². The molecule has 2 rings (SSSR count). The first-order chi connectivity index (χ1) is 8.87. The Morgan fingerprint density at radius 3 is 2.89 bits per heavy atom. The zero-order valence-electron chi connectivity index (χ0n) is 11.4. The van der Waals surface area contributed by atoms with Crippen LogP contribution in [0.1, 0.15) is 0 Å². The van der Waals surface area contributed by atoms with Gasteiger partial charge in [0.1, 0.15) is 6.73 Å². The number of rotatable bonds is 5. The number of ether oxygens (including phenoxy) is 1. The molecule has 5 nitrogen and oxygen atoms in total. The van der Waals surface area contributed by atoms with Crippen LogP contribution < -0.4 is 5.56 Å². The molecule has 7 heteroatoms. The van der Waals surface area contributed by atoms with Crippen molar-refractivity contribution in [3.63, 3.8) is 0 Å². The Balaban J connectivity index is 2.07. The highest BCUT2D eigenvalue weighted by atomic mass is 127. The van der Waals surface area contributed by atoms with E-state index >= 15 is 0 Å². The van der Waals surface area contributed by atoms with Crippen LogP contribution in [0.5, 0.6) is 0 Å². The van der Waals surface area contributed by atoms with Gasteiger partial charge in [-0.2, -0.15) is 0 Å². The second-order valence-corrected chi connectivity index (χ2v) is 12.5. The van der Waals surface area contributed by atoms with Crippen LogP contribution in [0.25, 0.3) is 11.2 Å². The van der Waals surface area contributed by atoms with Crippen molar-refractivity contribution in [2.45, 2.75) is 32.4 Å². The van der Waals surface area contributed by atoms with E-state index in [1.54, 1.807) is 0 Å². The number of hydrogen-bond donors (Lipinski definition) is 1. The van der Waals surface area contributed by atoms with Crippen molar-refractivity contribution in [3.8, 4) is 0 Å². The first kappa shape index (κ1) is 14.7. The first-order valence-electron chi connectivity index (χ1n) is 6.18. The summed E-state index contributed by atoms with van der Waals surface area (Å²) in [6.07, 6.45) is 3.25. The van der Waals surface area contributed by atoms with E-state index in [-0.39, 0.29) is 5.56 Å². The van der Waals surface area contributed by atoms with Crippen molar-refractivity contribution >= 4 is 41.8 Å². The lowest BCUT2D eigenvalue weighted by molar-refractivity contribution is 0.0898. The summed E-state index contributed by atoms with van der Waals surface area (Å²) in [5.41, 5.74) is 1.36. The van der Waals surface area contributed by atoms with Gasteiger partial charge in [0.2, 0.25) is 0 Å². The third-order valence-corrected chi connectivity index (χ3v) is 5.30. The minimum absolute atomic E-state index is 0.178. The summed E-state index contributed by atoms with van der Waals surface area (Å²) in [5, 5.41) is 0. The second kappa shape index (κ2) is 5.76. The van der Waals surface area contributed by atoms with Gasteiger partial charge in [-0.05, 0) is 28.6 Å². The zero-order valence-corrected chi connectivity index (χ0v) is 14.5. The van der Waals surface area contributed by atoms with Gasteiger partial charge in [0, 0.05) is 20.9 Å². The Labute approximate surface area is 126 Å². The van der Waals surface area contributed by atoms with E-state index in [1.165, 1.54) is 6.20 Å². The average molecular weight is 391 g/mol. The SMILES string of the molecule is C[Si](C)(C)CCOCn1cc(I)c2[nH]c(=O)cnc21. The van der Waals surface area contributed by atoms with Crippen LogP contribution >= 0.6 is 22.6 Å². The van der Waals surface area contributed by atoms with Gasteiger partial charge in [-0.15, -0.1) is 0 Å². The highest BCUT2D eigenvalue weighted by Crippen LogP contribution is 2.18. The zero-order chi connectivity index (χ0) is 14.0. The largest absolute Gasteiger partial charge is 0.361 e. The van der Waals surface area contributed by atoms with Crippen molar-refractivity contribution in [2.75, 3.05) is 6.61 Å². The number of H-pyrrole nitrogens is 1. The maximum Gasteiger partial charge on any atom is 0.267 e. The first-order valence-corrected chi connectivity index (χ1v) is 11.0. The van der Waals surface area contributed by atoms with Gasteiger partial charge in [0.15, 0.2) is 5.65 Å². The molecule has 1 N–H and O–H groups in total. The van der Waals surface area contributed by atoms with Crippen LogP contribution in [-0.4, -0.2) is 29.2 Å². The van der Waals surface area contributed by atoms with Crippen molar-refractivity contribution < 1.29 is 4.74 Å². The Kier molecular flexibility index (Phi) is 4.46. The minimum atomic E-state index is -1.05. The van der Waals surface area contributed by atoms with Crippen molar-refractivity contribution in [1.29, 1.82) is 0 Å². The molecular formula is C12H18IN3O2Si. The van der Waals surface area contributed by atoms with Crippen LogP contribution in [0.15, 0.2) is 17.2 Å². The van der Waals surface area contributed by atoms with Gasteiger partial charge in [-0.1, -0.05) is 19.6 Å². The average Bonchev–Trinajstić information content (AvgIpc) is 2.60. The lowest BCUT2D eigenvalue weighted by atomic mass is 10.5. The Morgan fingerprint density at radius 2 is 2.21 bits per heavy atom. The number of fused-ring (bicyclic) bond motifs is 1. The molecule has 0 fully saturated rings. The summed E-state index contributed by atoms with van der Waals surface area (Å²) < 4.78 is 8.62. The molecule has 0 radical (unpaired) electrons. The molecule has 0 atom stereocenters. The molecule has 0 spiro atoms. The molecule has 0 aliphatic heterocycles. The van der Waals surface area contributed by atoms with Crippen LogP contribution in [0, 0.1) is 3.57 Å². The number of nitrogens with zero attached hydrogens (tertiary/aromatic N) is 2. The normalized spacial score (nSPS) is 12.2. The van der Waals surface area contributed by atoms with Gasteiger partial charge in [-0.25, -0.2) is 4.98 Å². The highest BCUT2D eigenvalue weighted by Gasteiger charge is 2.13. The molecule has 2 aromatic heterocycles. The lowest BCUT2D eigenvalue weighted by Crippen LogP contribution is -2.22. The van der Waals surface area contributed by atoms with Gasteiger partial charge < -0.3 is 14.3 Å². The Hall–Kier alpha value is -0.673. The van der Waals surface area contributed by atoms with Crippen LogP contribution in [0.4, 0.5) is 0 Å². The molecule has 104 valence electrons. The molecule has 19 heavy (non-hydrogen) atoms. The van der Waals surface area contributed by atoms with E-state index in [4.69, 9.17) is 4.74 Å². The number of hydrogen-bond acceptors (Lipinski definition) is 3. The molecule has 0 amide bonds. The Morgan fingerprint density at radius 1 is 1.47 bits per heavy atom. The summed E-state index contributed by atoms with van der Waals surface area (Å²) in [5.74, 6) is 0. The molecule has 0 aliphatic rings. The van der Waals surface area contributed by atoms with E-state index < -0.39 is 8.07 Å². The molecule has 0 bridgehead atoms. The molecule has 0 saturated heterocycles. The topological polar surface area (TPSA) is 59.9 Å². The smallest absolute Gasteiger partial charge is 0.267 e. The van der Waals surface area contributed by atoms with Gasteiger partial charge in [-0.3, -0.25) is 4.79 Å². The van der Waals surface area contributed by atoms with Crippen LogP contribution in [0.2, 0.25) is 25.7 Å². The quantitative estimate of drug-likeness (QED) is 0.484. The fourth-order valence-electron chi connectivity index (χ4n) is 1.68. The van der Waals surface area contributed by atoms with E-state index in [9.17, 15) is 4.79 Å². The molecule has 0 saturated carbocycles. The number of aromatic nitrogens is 3. The fourth-order valence-corrected chi connectivity index (χ4v) is 3.15. The van der Waals surface area contributed by atoms with E-state index in [0.717, 1.165) is 27.4 Å². The summed E-state index contributed by atoms with van der Waals surface area (Å²) in [6, 6.07) is 1.15. The summed E-state index contributed by atoms with van der Waals surface area (Å²) in [6.45, 7) is 8.24. The molecule has 2 heterocycles. The van der Waals surface area contributed by atoms with Gasteiger partial charge in [0.05, 0.1) is 15.3 Å². The maximum absolute atomic E-state index is 11.3. The minimum Gasteiger partial charge on any atom is -0.361 e. The third-order valence-electron chi connectivity index (χ3n) is 2.78. The molecule has 0 aliphatic carbocycles. The predicted molar refractivity (Wildman–Crippen MR) is 87.2 cm³/mol. The predicted octanol–water partition coefficient (Wildman–Crippen LogP) is 2.64. The Bertz CT molecular complexity index is 630. The summed E-state index contributed by atoms with van der Waals surface area (Å²) in [4.78, 5) is 18.2. The summed E-state index contributed by atoms with van der Waals surface area (Å²) in [7, 11) is -1.05. The summed E-state index contributed by atoms with van der Waals surface area (Å²) >= 11 is 2.19. The number of halogens is 1. The molecule has 0 unspecified atom stereocenters. The third kappa shape index (κ3) is 3.89. The fraction of sp³-hybridized carbons (Fsp3) is 0.500. The van der Waals surface area contributed by atoms with Gasteiger partial charge >= 0.3 is 0 Å². The van der Waals surface area contributed by atoms with E-state index in [1.807, 2.05) is 10.8 Å².